The Kier molecular flexibility index (Phi) is 12.6. The van der Waals surface area contributed by atoms with Crippen LogP contribution in [-0.4, -0.2) is 59.4 Å². The summed E-state index contributed by atoms with van der Waals surface area (Å²) >= 11 is 2.83. The summed E-state index contributed by atoms with van der Waals surface area (Å²) in [5.74, 6) is 1.25. The number of aliphatic hydroxyl groups excluding tert-OH is 1. The number of thiazole rings is 1. The van der Waals surface area contributed by atoms with Gasteiger partial charge in [-0.3, -0.25) is 5.32 Å². The molecule has 0 unspecified atom stereocenters. The third-order valence-electron chi connectivity index (χ3n) is 5.80. The lowest BCUT2D eigenvalue weighted by molar-refractivity contribution is -0.105. The number of urea groups is 1. The highest BCUT2D eigenvalue weighted by Gasteiger charge is 2.26. The van der Waals surface area contributed by atoms with Gasteiger partial charge in [0.25, 0.3) is 0 Å². The summed E-state index contributed by atoms with van der Waals surface area (Å²) in [5, 5.41) is 10.5. The van der Waals surface area contributed by atoms with Gasteiger partial charge in [-0.25, -0.2) is 9.78 Å². The zero-order valence-corrected chi connectivity index (χ0v) is 22.9. The minimum atomic E-state index is -0.0993. The average molecular weight is 522 g/mol. The van der Waals surface area contributed by atoms with E-state index in [1.165, 1.54) is 35.1 Å². The number of hydrogen-bond acceptors (Lipinski definition) is 7. The number of aldehydes is 1. The second-order valence-corrected chi connectivity index (χ2v) is 11.7. The minimum absolute atomic E-state index is 0.0993. The Bertz CT molecular complexity index is 891. The fourth-order valence-electron chi connectivity index (χ4n) is 3.98. The first-order valence-corrected chi connectivity index (χ1v) is 13.9. The molecule has 0 saturated heterocycles. The van der Waals surface area contributed by atoms with Gasteiger partial charge in [0.1, 0.15) is 12.0 Å². The van der Waals surface area contributed by atoms with E-state index in [4.69, 9.17) is 9.84 Å². The summed E-state index contributed by atoms with van der Waals surface area (Å²) < 4.78 is 6.87. The molecule has 0 spiro atoms. The van der Waals surface area contributed by atoms with Crippen LogP contribution in [-0.2, 0) is 10.2 Å². The smallest absolute Gasteiger partial charge is 0.323 e. The second kappa shape index (κ2) is 15.1. The zero-order valence-electron chi connectivity index (χ0n) is 21.3. The monoisotopic (exact) mass is 521 g/mol. The topological polar surface area (TPSA) is 91.8 Å². The fourth-order valence-corrected chi connectivity index (χ4v) is 5.56. The van der Waals surface area contributed by atoms with E-state index in [-0.39, 0.29) is 17.5 Å². The van der Waals surface area contributed by atoms with Crippen molar-refractivity contribution in [2.24, 2.45) is 0 Å². The van der Waals surface area contributed by atoms with E-state index >= 15 is 0 Å². The average Bonchev–Trinajstić information content (AvgIpc) is 3.31. The summed E-state index contributed by atoms with van der Waals surface area (Å²) in [6.07, 6.45) is 8.99. The molecule has 35 heavy (non-hydrogen) atoms. The van der Waals surface area contributed by atoms with Gasteiger partial charge in [0.2, 0.25) is 0 Å². The van der Waals surface area contributed by atoms with Crippen LogP contribution in [0.25, 0.3) is 0 Å². The molecular formula is C26H39N3O4S2. The Labute approximate surface area is 217 Å². The number of ether oxygens (including phenoxy) is 1. The van der Waals surface area contributed by atoms with Gasteiger partial charge in [0.05, 0.1) is 22.8 Å². The van der Waals surface area contributed by atoms with Gasteiger partial charge < -0.3 is 19.5 Å². The van der Waals surface area contributed by atoms with Crippen molar-refractivity contribution >= 4 is 40.5 Å². The minimum Gasteiger partial charge on any atom is -0.494 e. The van der Waals surface area contributed by atoms with Crippen molar-refractivity contribution in [3.05, 3.63) is 36.0 Å². The first-order chi connectivity index (χ1) is 16.9. The van der Waals surface area contributed by atoms with E-state index in [0.717, 1.165) is 55.5 Å². The maximum absolute atomic E-state index is 13.1. The molecule has 0 atom stereocenters. The number of amides is 2. The van der Waals surface area contributed by atoms with Crippen LogP contribution in [0.5, 0.6) is 5.75 Å². The van der Waals surface area contributed by atoms with Gasteiger partial charge in [0, 0.05) is 19.7 Å². The Balaban J connectivity index is 0.00000210. The Hall–Kier alpha value is -2.10. The van der Waals surface area contributed by atoms with Gasteiger partial charge in [0.15, 0.2) is 5.13 Å². The van der Waals surface area contributed by atoms with Crippen molar-refractivity contribution in [1.82, 2.24) is 9.88 Å². The van der Waals surface area contributed by atoms with Crippen LogP contribution in [0.4, 0.5) is 9.93 Å². The van der Waals surface area contributed by atoms with E-state index in [1.54, 1.807) is 6.20 Å². The van der Waals surface area contributed by atoms with Gasteiger partial charge in [-0.2, -0.15) is 0 Å². The molecule has 3 rings (SSSR count). The molecule has 2 amide bonds. The third-order valence-corrected chi connectivity index (χ3v) is 7.80. The number of carbonyl (C=O) groups is 2. The Morgan fingerprint density at radius 3 is 2.54 bits per heavy atom. The van der Waals surface area contributed by atoms with Gasteiger partial charge in [-0.05, 0) is 42.4 Å². The zero-order chi connectivity index (χ0) is 25.7. The summed E-state index contributed by atoms with van der Waals surface area (Å²) in [6, 6.07) is 8.44. The molecule has 1 aliphatic rings. The molecule has 194 valence electrons. The number of hydrogen-bond donors (Lipinski definition) is 2. The number of nitrogens with zero attached hydrogens (tertiary/aromatic N) is 2. The van der Waals surface area contributed by atoms with Crippen molar-refractivity contribution in [1.29, 1.82) is 0 Å². The van der Waals surface area contributed by atoms with Crippen LogP contribution < -0.4 is 10.1 Å². The summed E-state index contributed by atoms with van der Waals surface area (Å²) in [7, 11) is 1.00. The maximum Gasteiger partial charge on any atom is 0.323 e. The number of rotatable bonds is 10. The number of aliphatic hydroxyl groups is 1. The van der Waals surface area contributed by atoms with Crippen molar-refractivity contribution in [3.63, 3.8) is 0 Å². The molecule has 2 N–H and O–H groups in total. The van der Waals surface area contributed by atoms with Crippen molar-refractivity contribution < 1.29 is 19.4 Å². The lowest BCUT2D eigenvalue weighted by Crippen LogP contribution is -2.44. The van der Waals surface area contributed by atoms with E-state index < -0.39 is 0 Å². The molecule has 0 bridgehead atoms. The molecule has 9 heteroatoms. The van der Waals surface area contributed by atoms with E-state index in [9.17, 15) is 9.59 Å². The number of nitrogens with one attached hydrogen (secondary N) is 1. The number of thioether (sulfide) groups is 1. The fraction of sp³-hybridized carbons (Fsp3) is 0.577. The van der Waals surface area contributed by atoms with Crippen LogP contribution in [0.15, 0.2) is 34.7 Å². The predicted molar refractivity (Wildman–Crippen MR) is 145 cm³/mol. The number of benzene rings is 1. The number of aromatic nitrogens is 1. The van der Waals surface area contributed by atoms with E-state index in [2.05, 4.69) is 43.2 Å². The molecule has 1 aromatic heterocycles. The SMILES string of the molecule is CC(C)(C)c1ccc(OCCCN(C(=O)Nc2ncc(SCC=O)s2)C2CCCCC2)cc1.CO. The third kappa shape index (κ3) is 9.82. The molecule has 0 radical (unpaired) electrons. The molecule has 7 nitrogen and oxygen atoms in total. The van der Waals surface area contributed by atoms with Crippen LogP contribution in [0.2, 0.25) is 0 Å². The van der Waals surface area contributed by atoms with E-state index in [0.29, 0.717) is 24.0 Å². The molecule has 1 fully saturated rings. The first-order valence-electron chi connectivity index (χ1n) is 12.1. The quantitative estimate of drug-likeness (QED) is 0.227. The van der Waals surface area contributed by atoms with Crippen molar-refractivity contribution in [2.75, 3.05) is 31.3 Å². The highest BCUT2D eigenvalue weighted by atomic mass is 32.2. The highest BCUT2D eigenvalue weighted by Crippen LogP contribution is 2.29. The molecule has 1 heterocycles. The second-order valence-electron chi connectivity index (χ2n) is 9.35. The molecule has 0 aliphatic heterocycles. The molecule has 1 aromatic carbocycles. The largest absolute Gasteiger partial charge is 0.494 e. The normalized spacial score (nSPS) is 14.0. The summed E-state index contributed by atoms with van der Waals surface area (Å²) in [6.45, 7) is 7.81. The van der Waals surface area contributed by atoms with Crippen LogP contribution in [0.1, 0.15) is 64.9 Å². The highest BCUT2D eigenvalue weighted by molar-refractivity contribution is 8.01. The molecular weight excluding hydrogens is 482 g/mol. The summed E-state index contributed by atoms with van der Waals surface area (Å²) in [4.78, 5) is 29.9. The number of anilines is 1. The van der Waals surface area contributed by atoms with Crippen LogP contribution >= 0.6 is 23.1 Å². The Morgan fingerprint density at radius 2 is 1.91 bits per heavy atom. The summed E-state index contributed by atoms with van der Waals surface area (Å²) in [5.41, 5.74) is 1.41. The molecule has 2 aromatic rings. The van der Waals surface area contributed by atoms with Crippen LogP contribution in [0.3, 0.4) is 0 Å². The van der Waals surface area contributed by atoms with Crippen LogP contribution in [0, 0.1) is 0 Å². The van der Waals surface area contributed by atoms with Gasteiger partial charge >= 0.3 is 6.03 Å². The van der Waals surface area contributed by atoms with Gasteiger partial charge in [-0.1, -0.05) is 63.5 Å². The Morgan fingerprint density at radius 1 is 1.23 bits per heavy atom. The molecule has 1 saturated carbocycles. The van der Waals surface area contributed by atoms with Gasteiger partial charge in [-0.15, -0.1) is 11.8 Å². The first kappa shape index (κ1) is 29.1. The molecule has 1 aliphatic carbocycles. The predicted octanol–water partition coefficient (Wildman–Crippen LogP) is 5.98. The lowest BCUT2D eigenvalue weighted by atomic mass is 9.87. The number of carbonyl (C=O) groups excluding carboxylic acids is 2. The van der Waals surface area contributed by atoms with E-state index in [1.807, 2.05) is 17.0 Å². The lowest BCUT2D eigenvalue weighted by Gasteiger charge is -2.34. The van der Waals surface area contributed by atoms with Crippen molar-refractivity contribution in [2.45, 2.75) is 75.0 Å². The standard InChI is InChI=1S/C25H35N3O3S2.CH4O/c1-25(2,3)19-10-12-21(13-11-19)31-16-7-14-28(20-8-5-4-6-9-20)24(30)27-23-26-18-22(33-23)32-17-15-29;1-2/h10-13,15,18,20H,4-9,14,16-17H2,1-3H3,(H,26,27,30);2H,1H3. The van der Waals surface area contributed by atoms with Crippen molar-refractivity contribution in [3.8, 4) is 5.75 Å². The maximum atomic E-state index is 13.1.